The minimum atomic E-state index is -0.406. The topological polar surface area (TPSA) is 43.8 Å². The van der Waals surface area contributed by atoms with E-state index in [0.29, 0.717) is 11.8 Å². The largest absolute Gasteiger partial charge is 0.388 e. The molecule has 1 N–H and O–H groups in total. The van der Waals surface area contributed by atoms with Crippen LogP contribution in [0.3, 0.4) is 0 Å². The Morgan fingerprint density at radius 3 is 2.16 bits per heavy atom. The predicted octanol–water partition coefficient (Wildman–Crippen LogP) is 2.83. The third-order valence-corrected chi connectivity index (χ3v) is 6.29. The van der Waals surface area contributed by atoms with Gasteiger partial charge in [0, 0.05) is 13.1 Å². The number of aliphatic hydroxyl groups is 1. The standard InChI is InChI=1S/C21H30N2O2/c24-20(17-6-2-1-3-7-17)18-10-14-23(15-11-18)21(25)19(16-8-9-16)22-12-4-5-13-22/h1-3,6-7,16,18-20,24H,4-5,8-15H2/t19-,20-/m0/s1. The first kappa shape index (κ1) is 17.0. The molecule has 1 aromatic carbocycles. The summed E-state index contributed by atoms with van der Waals surface area (Å²) < 4.78 is 0. The van der Waals surface area contributed by atoms with Gasteiger partial charge in [0.1, 0.15) is 0 Å². The van der Waals surface area contributed by atoms with E-state index in [0.717, 1.165) is 44.6 Å². The van der Waals surface area contributed by atoms with Gasteiger partial charge in [0.25, 0.3) is 0 Å². The van der Waals surface area contributed by atoms with E-state index in [1.54, 1.807) is 0 Å². The second-order valence-electron chi connectivity index (χ2n) is 8.04. The molecule has 2 aliphatic heterocycles. The van der Waals surface area contributed by atoms with Crippen molar-refractivity contribution < 1.29 is 9.90 Å². The fourth-order valence-corrected chi connectivity index (χ4v) is 4.63. The number of rotatable bonds is 5. The number of amides is 1. The van der Waals surface area contributed by atoms with E-state index in [9.17, 15) is 9.90 Å². The molecule has 4 rings (SSSR count). The Balaban J connectivity index is 1.35. The number of likely N-dealkylation sites (tertiary alicyclic amines) is 2. The lowest BCUT2D eigenvalue weighted by Crippen LogP contribution is -2.51. The van der Waals surface area contributed by atoms with Crippen LogP contribution in [-0.4, -0.2) is 53.0 Å². The van der Waals surface area contributed by atoms with Crippen molar-refractivity contribution in [3.05, 3.63) is 35.9 Å². The van der Waals surface area contributed by atoms with Crippen LogP contribution in [0.5, 0.6) is 0 Å². The van der Waals surface area contributed by atoms with Crippen LogP contribution in [0, 0.1) is 11.8 Å². The Hall–Kier alpha value is -1.39. The zero-order chi connectivity index (χ0) is 17.2. The molecule has 1 saturated carbocycles. The summed E-state index contributed by atoms with van der Waals surface area (Å²) in [7, 11) is 0. The van der Waals surface area contributed by atoms with Crippen molar-refractivity contribution >= 4 is 5.91 Å². The average Bonchev–Trinajstić information content (AvgIpc) is 3.35. The monoisotopic (exact) mass is 342 g/mol. The Morgan fingerprint density at radius 2 is 1.56 bits per heavy atom. The molecule has 25 heavy (non-hydrogen) atoms. The van der Waals surface area contributed by atoms with Crippen molar-refractivity contribution in [3.63, 3.8) is 0 Å². The summed E-state index contributed by atoms with van der Waals surface area (Å²) in [6, 6.07) is 10.1. The van der Waals surface area contributed by atoms with Crippen molar-refractivity contribution in [1.82, 2.24) is 9.80 Å². The van der Waals surface area contributed by atoms with Gasteiger partial charge in [0.05, 0.1) is 12.1 Å². The maximum absolute atomic E-state index is 13.1. The zero-order valence-corrected chi connectivity index (χ0v) is 15.0. The highest BCUT2D eigenvalue weighted by Crippen LogP contribution is 2.38. The molecule has 1 aromatic rings. The smallest absolute Gasteiger partial charge is 0.240 e. The number of benzene rings is 1. The highest BCUT2D eigenvalue weighted by molar-refractivity contribution is 5.82. The molecular weight excluding hydrogens is 312 g/mol. The van der Waals surface area contributed by atoms with Gasteiger partial charge in [-0.15, -0.1) is 0 Å². The highest BCUT2D eigenvalue weighted by atomic mass is 16.3. The summed E-state index contributed by atoms with van der Waals surface area (Å²) in [6.45, 7) is 3.78. The summed E-state index contributed by atoms with van der Waals surface area (Å²) in [5.41, 5.74) is 1.00. The first-order chi connectivity index (χ1) is 12.2. The summed E-state index contributed by atoms with van der Waals surface area (Å²) in [5.74, 6) is 1.22. The summed E-state index contributed by atoms with van der Waals surface area (Å²) >= 11 is 0. The van der Waals surface area contributed by atoms with Crippen LogP contribution < -0.4 is 0 Å². The van der Waals surface area contributed by atoms with Crippen molar-refractivity contribution in [3.8, 4) is 0 Å². The van der Waals surface area contributed by atoms with E-state index < -0.39 is 6.10 Å². The Morgan fingerprint density at radius 1 is 0.920 bits per heavy atom. The van der Waals surface area contributed by atoms with Gasteiger partial charge in [-0.2, -0.15) is 0 Å². The van der Waals surface area contributed by atoms with Gasteiger partial charge in [0.15, 0.2) is 0 Å². The Labute approximate surface area is 150 Å². The molecule has 0 unspecified atom stereocenters. The lowest BCUT2D eigenvalue weighted by atomic mass is 9.87. The number of piperidine rings is 1. The molecule has 0 radical (unpaired) electrons. The fraction of sp³-hybridized carbons (Fsp3) is 0.667. The molecule has 0 aromatic heterocycles. The van der Waals surface area contributed by atoms with Gasteiger partial charge >= 0.3 is 0 Å². The molecule has 0 bridgehead atoms. The Bertz CT molecular complexity index is 573. The molecule has 1 amide bonds. The number of aliphatic hydroxyl groups excluding tert-OH is 1. The van der Waals surface area contributed by atoms with Crippen LogP contribution in [0.25, 0.3) is 0 Å². The fourth-order valence-electron chi connectivity index (χ4n) is 4.63. The highest BCUT2D eigenvalue weighted by Gasteiger charge is 2.43. The van der Waals surface area contributed by atoms with Crippen LogP contribution in [0.1, 0.15) is 50.2 Å². The molecule has 1 aliphatic carbocycles. The number of hydrogen-bond donors (Lipinski definition) is 1. The molecule has 2 heterocycles. The normalized spacial score (nSPS) is 25.1. The second-order valence-corrected chi connectivity index (χ2v) is 8.04. The molecule has 4 heteroatoms. The van der Waals surface area contributed by atoms with Crippen molar-refractivity contribution in [2.24, 2.45) is 11.8 Å². The predicted molar refractivity (Wildman–Crippen MR) is 98.0 cm³/mol. The van der Waals surface area contributed by atoms with Gasteiger partial charge in [-0.1, -0.05) is 30.3 Å². The second kappa shape index (κ2) is 7.46. The number of carbonyl (C=O) groups is 1. The number of carbonyl (C=O) groups excluding carboxylic acids is 1. The third-order valence-electron chi connectivity index (χ3n) is 6.29. The van der Waals surface area contributed by atoms with Crippen LogP contribution in [-0.2, 0) is 4.79 Å². The maximum Gasteiger partial charge on any atom is 0.240 e. The minimum Gasteiger partial charge on any atom is -0.388 e. The maximum atomic E-state index is 13.1. The number of hydrogen-bond acceptors (Lipinski definition) is 3. The zero-order valence-electron chi connectivity index (χ0n) is 15.0. The Kier molecular flexibility index (Phi) is 5.09. The van der Waals surface area contributed by atoms with Crippen molar-refractivity contribution in [2.75, 3.05) is 26.2 Å². The van der Waals surface area contributed by atoms with E-state index >= 15 is 0 Å². The third kappa shape index (κ3) is 3.75. The van der Waals surface area contributed by atoms with E-state index in [2.05, 4.69) is 9.80 Å². The van der Waals surface area contributed by atoms with Gasteiger partial charge in [-0.3, -0.25) is 9.69 Å². The van der Waals surface area contributed by atoms with E-state index in [4.69, 9.17) is 0 Å². The lowest BCUT2D eigenvalue weighted by Gasteiger charge is -2.38. The van der Waals surface area contributed by atoms with Gasteiger partial charge in [-0.05, 0) is 69.0 Å². The van der Waals surface area contributed by atoms with Gasteiger partial charge in [0.2, 0.25) is 5.91 Å². The molecule has 3 aliphatic rings. The molecule has 136 valence electrons. The lowest BCUT2D eigenvalue weighted by molar-refractivity contribution is -0.139. The first-order valence-electron chi connectivity index (χ1n) is 10.00. The van der Waals surface area contributed by atoms with Crippen molar-refractivity contribution in [2.45, 2.75) is 50.7 Å². The molecule has 3 fully saturated rings. The first-order valence-corrected chi connectivity index (χ1v) is 10.00. The van der Waals surface area contributed by atoms with Crippen LogP contribution in [0.15, 0.2) is 30.3 Å². The van der Waals surface area contributed by atoms with Crippen molar-refractivity contribution in [1.29, 1.82) is 0 Å². The van der Waals surface area contributed by atoms with E-state index in [1.807, 2.05) is 30.3 Å². The molecule has 0 spiro atoms. The molecular formula is C21H30N2O2. The molecule has 4 nitrogen and oxygen atoms in total. The average molecular weight is 342 g/mol. The summed E-state index contributed by atoms with van der Waals surface area (Å²) in [5, 5.41) is 10.6. The molecule has 2 atom stereocenters. The van der Waals surface area contributed by atoms with Gasteiger partial charge in [-0.25, -0.2) is 0 Å². The quantitative estimate of drug-likeness (QED) is 0.895. The van der Waals surface area contributed by atoms with E-state index in [-0.39, 0.29) is 12.0 Å². The SMILES string of the molecule is O=C([C@H](C1CC1)N1CCCC1)N1CCC([C@@H](O)c2ccccc2)CC1. The number of nitrogens with zero attached hydrogens (tertiary/aromatic N) is 2. The van der Waals surface area contributed by atoms with Crippen LogP contribution >= 0.6 is 0 Å². The molecule has 2 saturated heterocycles. The van der Waals surface area contributed by atoms with Crippen LogP contribution in [0.4, 0.5) is 0 Å². The van der Waals surface area contributed by atoms with Gasteiger partial charge < -0.3 is 10.0 Å². The van der Waals surface area contributed by atoms with Crippen LogP contribution in [0.2, 0.25) is 0 Å². The summed E-state index contributed by atoms with van der Waals surface area (Å²) in [4.78, 5) is 17.6. The van der Waals surface area contributed by atoms with E-state index in [1.165, 1.54) is 25.7 Å². The summed E-state index contributed by atoms with van der Waals surface area (Å²) in [6.07, 6.45) is 6.31. The minimum absolute atomic E-state index is 0.137.